The van der Waals surface area contributed by atoms with Gasteiger partial charge in [-0.05, 0) is 6.07 Å². The standard InChI is InChI=1S/C15H19NO3Si/c1-11(18)16-14-9-15(19-2)13(10-17)8-12(14)6-7-20(3,4)5/h8-10H,1-5H3,(H,16,18). The maximum atomic E-state index is 11.3. The number of benzene rings is 1. The highest BCUT2D eigenvalue weighted by Gasteiger charge is 2.12. The van der Waals surface area contributed by atoms with Gasteiger partial charge in [0.2, 0.25) is 5.91 Å². The summed E-state index contributed by atoms with van der Waals surface area (Å²) in [6, 6.07) is 3.27. The maximum Gasteiger partial charge on any atom is 0.221 e. The fourth-order valence-corrected chi connectivity index (χ4v) is 2.03. The summed E-state index contributed by atoms with van der Waals surface area (Å²) in [7, 11) is -0.0663. The molecule has 20 heavy (non-hydrogen) atoms. The Morgan fingerprint density at radius 3 is 2.45 bits per heavy atom. The molecule has 0 radical (unpaired) electrons. The Morgan fingerprint density at radius 1 is 1.35 bits per heavy atom. The lowest BCUT2D eigenvalue weighted by Gasteiger charge is -2.11. The van der Waals surface area contributed by atoms with E-state index in [1.165, 1.54) is 14.0 Å². The van der Waals surface area contributed by atoms with Crippen LogP contribution in [0, 0.1) is 11.5 Å². The van der Waals surface area contributed by atoms with Crippen molar-refractivity contribution in [2.24, 2.45) is 0 Å². The van der Waals surface area contributed by atoms with Gasteiger partial charge >= 0.3 is 0 Å². The van der Waals surface area contributed by atoms with Gasteiger partial charge in [0.15, 0.2) is 6.29 Å². The molecule has 106 valence electrons. The topological polar surface area (TPSA) is 55.4 Å². The second-order valence-electron chi connectivity index (χ2n) is 5.44. The fraction of sp³-hybridized carbons (Fsp3) is 0.333. The molecule has 1 aromatic carbocycles. The van der Waals surface area contributed by atoms with Crippen LogP contribution in [-0.4, -0.2) is 27.4 Å². The van der Waals surface area contributed by atoms with Crippen LogP contribution in [0.1, 0.15) is 22.8 Å². The van der Waals surface area contributed by atoms with Crippen LogP contribution in [-0.2, 0) is 4.79 Å². The molecule has 0 fully saturated rings. The van der Waals surface area contributed by atoms with Crippen LogP contribution in [0.3, 0.4) is 0 Å². The van der Waals surface area contributed by atoms with Gasteiger partial charge < -0.3 is 10.1 Å². The van der Waals surface area contributed by atoms with Gasteiger partial charge in [-0.15, -0.1) is 5.54 Å². The van der Waals surface area contributed by atoms with Gasteiger partial charge in [0.05, 0.1) is 18.4 Å². The number of aldehydes is 1. The SMILES string of the molecule is COc1cc(NC(C)=O)c(C#C[Si](C)(C)C)cc1C=O. The van der Waals surface area contributed by atoms with E-state index in [1.54, 1.807) is 12.1 Å². The van der Waals surface area contributed by atoms with E-state index in [0.29, 0.717) is 22.6 Å². The maximum absolute atomic E-state index is 11.3. The van der Waals surface area contributed by atoms with Crippen molar-refractivity contribution in [3.63, 3.8) is 0 Å². The van der Waals surface area contributed by atoms with E-state index in [0.717, 1.165) is 6.29 Å². The van der Waals surface area contributed by atoms with Crippen molar-refractivity contribution in [3.05, 3.63) is 23.3 Å². The van der Waals surface area contributed by atoms with Gasteiger partial charge in [0, 0.05) is 18.6 Å². The number of amides is 1. The minimum absolute atomic E-state index is 0.193. The molecule has 5 heteroatoms. The van der Waals surface area contributed by atoms with Crippen LogP contribution >= 0.6 is 0 Å². The summed E-state index contributed by atoms with van der Waals surface area (Å²) in [5.74, 6) is 3.29. The summed E-state index contributed by atoms with van der Waals surface area (Å²) in [6.07, 6.45) is 0.718. The second kappa shape index (κ2) is 6.39. The van der Waals surface area contributed by atoms with Crippen LogP contribution in [0.5, 0.6) is 5.75 Å². The van der Waals surface area contributed by atoms with Crippen LogP contribution in [0.4, 0.5) is 5.69 Å². The van der Waals surface area contributed by atoms with Crippen LogP contribution in [0.2, 0.25) is 19.6 Å². The van der Waals surface area contributed by atoms with Crippen molar-refractivity contribution in [2.75, 3.05) is 12.4 Å². The minimum Gasteiger partial charge on any atom is -0.496 e. The molecule has 0 saturated carbocycles. The van der Waals surface area contributed by atoms with E-state index in [4.69, 9.17) is 4.74 Å². The fourth-order valence-electron chi connectivity index (χ4n) is 1.52. The van der Waals surface area contributed by atoms with Gasteiger partial charge in [-0.1, -0.05) is 25.6 Å². The number of rotatable bonds is 3. The van der Waals surface area contributed by atoms with Crippen molar-refractivity contribution in [3.8, 4) is 17.2 Å². The third kappa shape index (κ3) is 4.56. The highest BCUT2D eigenvalue weighted by atomic mass is 28.3. The highest BCUT2D eigenvalue weighted by molar-refractivity contribution is 6.83. The van der Waals surface area contributed by atoms with Gasteiger partial charge in [-0.3, -0.25) is 9.59 Å². The summed E-state index contributed by atoms with van der Waals surface area (Å²) in [6.45, 7) is 7.81. The van der Waals surface area contributed by atoms with Gasteiger partial charge in [0.1, 0.15) is 13.8 Å². The zero-order valence-corrected chi connectivity index (χ0v) is 13.5. The smallest absolute Gasteiger partial charge is 0.221 e. The van der Waals surface area contributed by atoms with Crippen molar-refractivity contribution in [2.45, 2.75) is 26.6 Å². The van der Waals surface area contributed by atoms with E-state index in [-0.39, 0.29) is 5.91 Å². The molecular formula is C15H19NO3Si. The number of hydrogen-bond donors (Lipinski definition) is 1. The lowest BCUT2D eigenvalue weighted by atomic mass is 10.1. The van der Waals surface area contributed by atoms with E-state index in [9.17, 15) is 9.59 Å². The third-order valence-electron chi connectivity index (χ3n) is 2.38. The Labute approximate surface area is 120 Å². The van der Waals surface area contributed by atoms with Crippen molar-refractivity contribution >= 4 is 26.0 Å². The Bertz CT molecular complexity index is 592. The predicted octanol–water partition coefficient (Wildman–Crippen LogP) is 2.70. The van der Waals surface area contributed by atoms with E-state index in [1.807, 2.05) is 0 Å². The third-order valence-corrected chi connectivity index (χ3v) is 3.25. The number of ether oxygens (including phenoxy) is 1. The highest BCUT2D eigenvalue weighted by Crippen LogP contribution is 2.26. The minimum atomic E-state index is -1.55. The van der Waals surface area contributed by atoms with Gasteiger partial charge in [-0.2, -0.15) is 0 Å². The van der Waals surface area contributed by atoms with Crippen LogP contribution < -0.4 is 10.1 Å². The number of hydrogen-bond acceptors (Lipinski definition) is 3. The van der Waals surface area contributed by atoms with E-state index in [2.05, 4.69) is 36.4 Å². The first kappa shape index (κ1) is 16.0. The van der Waals surface area contributed by atoms with Gasteiger partial charge in [0.25, 0.3) is 0 Å². The number of carbonyl (C=O) groups excluding carboxylic acids is 2. The molecule has 0 saturated heterocycles. The quantitative estimate of drug-likeness (QED) is 0.529. The molecule has 0 heterocycles. The first-order valence-electron chi connectivity index (χ1n) is 6.25. The molecule has 0 atom stereocenters. The molecular weight excluding hydrogens is 270 g/mol. The van der Waals surface area contributed by atoms with Gasteiger partial charge in [-0.25, -0.2) is 0 Å². The Morgan fingerprint density at radius 2 is 2.00 bits per heavy atom. The molecule has 4 nitrogen and oxygen atoms in total. The lowest BCUT2D eigenvalue weighted by Crippen LogP contribution is -2.16. The molecule has 0 aliphatic carbocycles. The number of methoxy groups -OCH3 is 1. The van der Waals surface area contributed by atoms with E-state index < -0.39 is 8.07 Å². The zero-order chi connectivity index (χ0) is 15.3. The second-order valence-corrected chi connectivity index (χ2v) is 10.2. The molecule has 0 unspecified atom stereocenters. The summed E-state index contributed by atoms with van der Waals surface area (Å²) >= 11 is 0. The van der Waals surface area contributed by atoms with Crippen molar-refractivity contribution < 1.29 is 14.3 Å². The predicted molar refractivity (Wildman–Crippen MR) is 82.9 cm³/mol. The lowest BCUT2D eigenvalue weighted by molar-refractivity contribution is -0.114. The average Bonchev–Trinajstić information content (AvgIpc) is 2.34. The van der Waals surface area contributed by atoms with Crippen molar-refractivity contribution in [1.82, 2.24) is 0 Å². The Hall–Kier alpha value is -2.06. The first-order valence-corrected chi connectivity index (χ1v) is 9.75. The average molecular weight is 289 g/mol. The number of anilines is 1. The van der Waals surface area contributed by atoms with Crippen LogP contribution in [0.25, 0.3) is 0 Å². The molecule has 1 amide bonds. The normalized spacial score (nSPS) is 10.2. The van der Waals surface area contributed by atoms with Crippen molar-refractivity contribution in [1.29, 1.82) is 0 Å². The van der Waals surface area contributed by atoms with Crippen LogP contribution in [0.15, 0.2) is 12.1 Å². The Balaban J connectivity index is 3.40. The molecule has 1 aromatic rings. The zero-order valence-electron chi connectivity index (χ0n) is 12.5. The molecule has 1 rings (SSSR count). The summed E-state index contributed by atoms with van der Waals surface area (Å²) < 4.78 is 5.14. The molecule has 0 aromatic heterocycles. The largest absolute Gasteiger partial charge is 0.496 e. The Kier molecular flexibility index (Phi) is 5.11. The van der Waals surface area contributed by atoms with E-state index >= 15 is 0 Å². The molecule has 0 aliphatic rings. The monoisotopic (exact) mass is 289 g/mol. The summed E-state index contributed by atoms with van der Waals surface area (Å²) in [5, 5.41) is 2.71. The number of nitrogens with one attached hydrogen (secondary N) is 1. The first-order chi connectivity index (χ1) is 9.26. The molecule has 1 N–H and O–H groups in total. The number of carbonyl (C=O) groups is 2. The molecule has 0 spiro atoms. The molecule has 0 aliphatic heterocycles. The summed E-state index contributed by atoms with van der Waals surface area (Å²) in [5.41, 5.74) is 4.83. The summed E-state index contributed by atoms with van der Waals surface area (Å²) in [4.78, 5) is 22.3. The molecule has 0 bridgehead atoms.